The number of carbonyl (C=O) groups is 2. The van der Waals surface area contributed by atoms with Gasteiger partial charge in [-0.15, -0.1) is 0 Å². The number of ether oxygens (including phenoxy) is 4. The van der Waals surface area contributed by atoms with Crippen molar-refractivity contribution in [1.29, 1.82) is 0 Å². The van der Waals surface area contributed by atoms with Crippen molar-refractivity contribution in [2.75, 3.05) is 13.7 Å². The Kier molecular flexibility index (Phi) is 8.61. The highest BCUT2D eigenvalue weighted by molar-refractivity contribution is 5.94. The van der Waals surface area contributed by atoms with Crippen molar-refractivity contribution in [3.63, 3.8) is 0 Å². The summed E-state index contributed by atoms with van der Waals surface area (Å²) in [6, 6.07) is 32.5. The van der Waals surface area contributed by atoms with Crippen LogP contribution in [0.5, 0.6) is 17.2 Å². The maximum absolute atomic E-state index is 13.5. The molecule has 1 heterocycles. The summed E-state index contributed by atoms with van der Waals surface area (Å²) in [6.45, 7) is 0.785. The lowest BCUT2D eigenvalue weighted by molar-refractivity contribution is -0.128. The second kappa shape index (κ2) is 12.8. The number of benzene rings is 4. The SMILES string of the molecule is COc1c(OCc2ccccc2)cc(CC(=O)N2C(=O)OC[C@H]2Cc2ccccc2)cc1OCc1ccccc1. The number of rotatable bonds is 11. The zero-order valence-electron chi connectivity index (χ0n) is 22.3. The third-order valence-corrected chi connectivity index (χ3v) is 6.66. The monoisotopic (exact) mass is 537 g/mol. The minimum Gasteiger partial charge on any atom is -0.490 e. The summed E-state index contributed by atoms with van der Waals surface area (Å²) in [6.07, 6.45) is -0.133. The molecule has 0 N–H and O–H groups in total. The van der Waals surface area contributed by atoms with Gasteiger partial charge in [-0.05, 0) is 40.8 Å². The van der Waals surface area contributed by atoms with Crippen LogP contribution in [0.25, 0.3) is 0 Å². The Labute approximate surface area is 233 Å². The van der Waals surface area contributed by atoms with Crippen molar-refractivity contribution in [2.24, 2.45) is 0 Å². The molecule has 0 saturated carbocycles. The van der Waals surface area contributed by atoms with E-state index in [4.69, 9.17) is 18.9 Å². The van der Waals surface area contributed by atoms with Crippen LogP contribution >= 0.6 is 0 Å². The summed E-state index contributed by atoms with van der Waals surface area (Å²) in [5, 5.41) is 0. The van der Waals surface area contributed by atoms with Crippen LogP contribution in [0, 0.1) is 0 Å². The Bertz CT molecular complexity index is 1360. The van der Waals surface area contributed by atoms with Gasteiger partial charge in [-0.1, -0.05) is 91.0 Å². The molecule has 0 bridgehead atoms. The van der Waals surface area contributed by atoms with Gasteiger partial charge >= 0.3 is 6.09 Å². The average molecular weight is 538 g/mol. The minimum absolute atomic E-state index is 0.0340. The van der Waals surface area contributed by atoms with E-state index in [-0.39, 0.29) is 25.0 Å². The van der Waals surface area contributed by atoms with Gasteiger partial charge in [0.25, 0.3) is 0 Å². The van der Waals surface area contributed by atoms with E-state index in [1.807, 2.05) is 91.0 Å². The van der Waals surface area contributed by atoms with Crippen molar-refractivity contribution in [3.8, 4) is 17.2 Å². The van der Waals surface area contributed by atoms with E-state index in [1.165, 1.54) is 4.90 Å². The predicted octanol–water partition coefficient (Wildman–Crippen LogP) is 5.99. The predicted molar refractivity (Wildman–Crippen MR) is 150 cm³/mol. The van der Waals surface area contributed by atoms with E-state index < -0.39 is 6.09 Å². The van der Waals surface area contributed by atoms with E-state index in [0.29, 0.717) is 42.4 Å². The molecule has 4 aromatic carbocycles. The highest BCUT2D eigenvalue weighted by Gasteiger charge is 2.37. The minimum atomic E-state index is -0.624. The summed E-state index contributed by atoms with van der Waals surface area (Å²) >= 11 is 0. The van der Waals surface area contributed by atoms with Gasteiger partial charge in [0.1, 0.15) is 19.8 Å². The number of methoxy groups -OCH3 is 1. The third-order valence-electron chi connectivity index (χ3n) is 6.66. The Hall–Kier alpha value is -4.78. The van der Waals surface area contributed by atoms with Crippen molar-refractivity contribution >= 4 is 12.0 Å². The van der Waals surface area contributed by atoms with Gasteiger partial charge in [0.2, 0.25) is 11.7 Å². The number of hydrogen-bond acceptors (Lipinski definition) is 6. The number of amides is 2. The van der Waals surface area contributed by atoms with Crippen molar-refractivity contribution in [1.82, 2.24) is 4.90 Å². The van der Waals surface area contributed by atoms with Crippen LogP contribution in [0.15, 0.2) is 103 Å². The van der Waals surface area contributed by atoms with Crippen LogP contribution < -0.4 is 14.2 Å². The van der Waals surface area contributed by atoms with E-state index in [0.717, 1.165) is 16.7 Å². The Morgan fingerprint density at radius 3 is 1.77 bits per heavy atom. The number of cyclic esters (lactones) is 1. The van der Waals surface area contributed by atoms with Gasteiger partial charge < -0.3 is 18.9 Å². The number of hydrogen-bond donors (Lipinski definition) is 0. The Balaban J connectivity index is 1.39. The van der Waals surface area contributed by atoms with Gasteiger partial charge in [0.15, 0.2) is 11.5 Å². The maximum atomic E-state index is 13.5. The largest absolute Gasteiger partial charge is 0.490 e. The molecule has 0 unspecified atom stereocenters. The van der Waals surface area contributed by atoms with Crippen LogP contribution in [-0.4, -0.2) is 36.7 Å². The number of imide groups is 1. The van der Waals surface area contributed by atoms with E-state index in [1.54, 1.807) is 19.2 Å². The summed E-state index contributed by atoms with van der Waals surface area (Å²) in [7, 11) is 1.55. The van der Waals surface area contributed by atoms with Crippen LogP contribution in [0.1, 0.15) is 22.3 Å². The lowest BCUT2D eigenvalue weighted by Crippen LogP contribution is -2.41. The fourth-order valence-corrected chi connectivity index (χ4v) is 4.68. The fourth-order valence-electron chi connectivity index (χ4n) is 4.68. The molecule has 1 aliphatic rings. The molecule has 1 fully saturated rings. The van der Waals surface area contributed by atoms with Crippen molar-refractivity contribution < 1.29 is 28.5 Å². The van der Waals surface area contributed by atoms with Gasteiger partial charge in [-0.25, -0.2) is 9.69 Å². The molecule has 40 heavy (non-hydrogen) atoms. The zero-order chi connectivity index (χ0) is 27.7. The standard InChI is InChI=1S/C33H31NO6/c1-37-32-29(38-21-25-13-7-3-8-14-25)18-27(19-30(32)39-22-26-15-9-4-10-16-26)20-31(35)34-28(23-40-33(34)36)17-24-11-5-2-6-12-24/h2-16,18-19,28H,17,20-23H2,1H3/t28-/m1/s1. The highest BCUT2D eigenvalue weighted by atomic mass is 16.6. The molecule has 1 atom stereocenters. The molecule has 204 valence electrons. The molecule has 1 saturated heterocycles. The van der Waals surface area contributed by atoms with E-state index >= 15 is 0 Å². The summed E-state index contributed by atoms with van der Waals surface area (Å²) in [5.41, 5.74) is 3.64. The molecule has 2 amide bonds. The molecule has 0 radical (unpaired) electrons. The summed E-state index contributed by atoms with van der Waals surface area (Å²) in [5.74, 6) is 0.983. The van der Waals surface area contributed by atoms with Gasteiger partial charge in [0, 0.05) is 0 Å². The molecule has 7 heteroatoms. The van der Waals surface area contributed by atoms with Gasteiger partial charge in [-0.2, -0.15) is 0 Å². The lowest BCUT2D eigenvalue weighted by atomic mass is 10.0. The molecule has 0 aliphatic carbocycles. The summed E-state index contributed by atoms with van der Waals surface area (Å²) < 4.78 is 23.3. The first-order chi connectivity index (χ1) is 19.6. The normalized spacial score (nSPS) is 14.5. The second-order valence-corrected chi connectivity index (χ2v) is 9.53. The zero-order valence-corrected chi connectivity index (χ0v) is 22.3. The highest BCUT2D eigenvalue weighted by Crippen LogP contribution is 2.40. The topological polar surface area (TPSA) is 74.3 Å². The van der Waals surface area contributed by atoms with E-state index in [9.17, 15) is 9.59 Å². The first-order valence-electron chi connectivity index (χ1n) is 13.2. The molecule has 0 spiro atoms. The number of carbonyl (C=O) groups excluding carboxylic acids is 2. The average Bonchev–Trinajstić information content (AvgIpc) is 3.36. The number of nitrogens with zero attached hydrogens (tertiary/aromatic N) is 1. The molecular formula is C33H31NO6. The van der Waals surface area contributed by atoms with Crippen molar-refractivity contribution in [2.45, 2.75) is 32.1 Å². The Morgan fingerprint density at radius 1 is 0.775 bits per heavy atom. The smallest absolute Gasteiger partial charge is 0.416 e. The fraction of sp³-hybridized carbons (Fsp3) is 0.212. The van der Waals surface area contributed by atoms with Crippen LogP contribution in [0.4, 0.5) is 4.79 Å². The first-order valence-corrected chi connectivity index (χ1v) is 13.2. The van der Waals surface area contributed by atoms with Gasteiger partial charge in [-0.3, -0.25) is 4.79 Å². The van der Waals surface area contributed by atoms with Crippen LogP contribution in [0.3, 0.4) is 0 Å². The van der Waals surface area contributed by atoms with Gasteiger partial charge in [0.05, 0.1) is 19.6 Å². The first kappa shape index (κ1) is 26.8. The van der Waals surface area contributed by atoms with Crippen LogP contribution in [-0.2, 0) is 35.6 Å². The maximum Gasteiger partial charge on any atom is 0.416 e. The van der Waals surface area contributed by atoms with Crippen molar-refractivity contribution in [3.05, 3.63) is 125 Å². The second-order valence-electron chi connectivity index (χ2n) is 9.53. The Morgan fingerprint density at radius 2 is 1.27 bits per heavy atom. The molecule has 0 aromatic heterocycles. The van der Waals surface area contributed by atoms with Crippen LogP contribution in [0.2, 0.25) is 0 Å². The quantitative estimate of drug-likeness (QED) is 0.234. The summed E-state index contributed by atoms with van der Waals surface area (Å²) in [4.78, 5) is 27.3. The molecule has 5 rings (SSSR count). The molecular weight excluding hydrogens is 506 g/mol. The third kappa shape index (κ3) is 6.61. The molecule has 7 nitrogen and oxygen atoms in total. The lowest BCUT2D eigenvalue weighted by Gasteiger charge is -2.21. The molecule has 4 aromatic rings. The molecule has 1 aliphatic heterocycles. The van der Waals surface area contributed by atoms with E-state index in [2.05, 4.69) is 0 Å².